The van der Waals surface area contributed by atoms with Crippen molar-refractivity contribution in [2.24, 2.45) is 5.92 Å². The molecule has 0 bridgehead atoms. The molecule has 196 valence electrons. The van der Waals surface area contributed by atoms with Gasteiger partial charge in [-0.05, 0) is 48.9 Å². The van der Waals surface area contributed by atoms with Crippen LogP contribution in [-0.4, -0.2) is 54.6 Å². The van der Waals surface area contributed by atoms with Crippen molar-refractivity contribution in [1.82, 2.24) is 14.5 Å². The molecule has 2 atom stereocenters. The lowest BCUT2D eigenvalue weighted by Crippen LogP contribution is -2.65. The zero-order chi connectivity index (χ0) is 26.7. The molecule has 1 fully saturated rings. The van der Waals surface area contributed by atoms with Gasteiger partial charge in [0, 0.05) is 31.6 Å². The van der Waals surface area contributed by atoms with Crippen molar-refractivity contribution in [2.45, 2.75) is 44.3 Å². The third kappa shape index (κ3) is 5.60. The third-order valence-corrected chi connectivity index (χ3v) is 8.22. The molecule has 0 radical (unpaired) electrons. The summed E-state index contributed by atoms with van der Waals surface area (Å²) in [7, 11) is -3.87. The first-order valence-corrected chi connectivity index (χ1v) is 13.5. The number of rotatable bonds is 7. The molecule has 2 heterocycles. The first-order valence-electron chi connectivity index (χ1n) is 12.1. The quantitative estimate of drug-likeness (QED) is 0.506. The van der Waals surface area contributed by atoms with E-state index in [1.54, 1.807) is 63.2 Å². The van der Waals surface area contributed by atoms with E-state index in [4.69, 9.17) is 4.42 Å². The van der Waals surface area contributed by atoms with Crippen molar-refractivity contribution >= 4 is 21.8 Å². The Labute approximate surface area is 216 Å². The van der Waals surface area contributed by atoms with Crippen molar-refractivity contribution in [3.05, 3.63) is 78.3 Å². The van der Waals surface area contributed by atoms with Crippen LogP contribution in [0.4, 0.5) is 4.39 Å². The summed E-state index contributed by atoms with van der Waals surface area (Å²) < 4.78 is 47.7. The predicted molar refractivity (Wildman–Crippen MR) is 136 cm³/mol. The SMILES string of the molecule is CC(C)C(=O)N1C(C)CN(S(=O)(=O)c2ccccc2)CC1C(=O)NCc1ccc(-c2ccco2)c(F)c1. The number of sulfonamides is 1. The molecular formula is C27H30FN3O5S. The zero-order valence-corrected chi connectivity index (χ0v) is 21.7. The van der Waals surface area contributed by atoms with E-state index in [-0.39, 0.29) is 36.4 Å². The van der Waals surface area contributed by atoms with Crippen molar-refractivity contribution in [2.75, 3.05) is 13.1 Å². The average Bonchev–Trinajstić information content (AvgIpc) is 3.41. The Morgan fingerprint density at radius 1 is 1.08 bits per heavy atom. The van der Waals surface area contributed by atoms with Crippen LogP contribution in [-0.2, 0) is 26.2 Å². The molecule has 1 N–H and O–H groups in total. The molecule has 2 aromatic carbocycles. The van der Waals surface area contributed by atoms with Crippen LogP contribution in [0, 0.1) is 11.7 Å². The Kier molecular flexibility index (Phi) is 7.79. The van der Waals surface area contributed by atoms with Crippen LogP contribution in [0.5, 0.6) is 0 Å². The summed E-state index contributed by atoms with van der Waals surface area (Å²) in [6.45, 7) is 5.10. The van der Waals surface area contributed by atoms with E-state index in [0.717, 1.165) is 0 Å². The number of amides is 2. The van der Waals surface area contributed by atoms with Gasteiger partial charge in [0.1, 0.15) is 17.6 Å². The second-order valence-electron chi connectivity index (χ2n) is 9.41. The fraction of sp³-hybridized carbons (Fsp3) is 0.333. The Bertz CT molecular complexity index is 1360. The summed E-state index contributed by atoms with van der Waals surface area (Å²) in [5.74, 6) is -1.22. The minimum absolute atomic E-state index is 0.00815. The van der Waals surface area contributed by atoms with Gasteiger partial charge in [0.15, 0.2) is 0 Å². The number of halogens is 1. The van der Waals surface area contributed by atoms with Gasteiger partial charge >= 0.3 is 0 Å². The van der Waals surface area contributed by atoms with Crippen LogP contribution >= 0.6 is 0 Å². The molecule has 8 nitrogen and oxygen atoms in total. The van der Waals surface area contributed by atoms with Crippen molar-refractivity contribution < 1.29 is 26.8 Å². The maximum absolute atomic E-state index is 14.6. The highest BCUT2D eigenvalue weighted by Gasteiger charge is 2.43. The van der Waals surface area contributed by atoms with Gasteiger partial charge in [-0.15, -0.1) is 0 Å². The number of hydrogen-bond donors (Lipinski definition) is 1. The Balaban J connectivity index is 1.55. The van der Waals surface area contributed by atoms with Gasteiger partial charge < -0.3 is 14.6 Å². The molecular weight excluding hydrogens is 497 g/mol. The lowest BCUT2D eigenvalue weighted by atomic mass is 10.0. The molecule has 0 aliphatic carbocycles. The number of nitrogens with zero attached hydrogens (tertiary/aromatic N) is 2. The van der Waals surface area contributed by atoms with Crippen LogP contribution in [0.3, 0.4) is 0 Å². The molecule has 2 amide bonds. The molecule has 1 aliphatic heterocycles. The number of piperazine rings is 1. The van der Waals surface area contributed by atoms with Crippen LogP contribution in [0.1, 0.15) is 26.3 Å². The van der Waals surface area contributed by atoms with Crippen LogP contribution < -0.4 is 5.32 Å². The molecule has 1 aliphatic rings. The largest absolute Gasteiger partial charge is 0.464 e. The Morgan fingerprint density at radius 2 is 1.81 bits per heavy atom. The second kappa shape index (κ2) is 10.9. The van der Waals surface area contributed by atoms with E-state index < -0.39 is 33.8 Å². The fourth-order valence-corrected chi connectivity index (χ4v) is 6.02. The topological polar surface area (TPSA) is 99.9 Å². The van der Waals surface area contributed by atoms with Gasteiger partial charge in [0.05, 0.1) is 16.7 Å². The van der Waals surface area contributed by atoms with E-state index in [1.165, 1.54) is 33.7 Å². The smallest absolute Gasteiger partial charge is 0.244 e. The number of hydrogen-bond acceptors (Lipinski definition) is 5. The Morgan fingerprint density at radius 3 is 2.43 bits per heavy atom. The highest BCUT2D eigenvalue weighted by Crippen LogP contribution is 2.26. The molecule has 4 rings (SSSR count). The third-order valence-electron chi connectivity index (χ3n) is 6.37. The van der Waals surface area contributed by atoms with Gasteiger partial charge in [-0.2, -0.15) is 4.31 Å². The van der Waals surface area contributed by atoms with Gasteiger partial charge in [-0.25, -0.2) is 12.8 Å². The first-order chi connectivity index (χ1) is 17.6. The zero-order valence-electron chi connectivity index (χ0n) is 20.9. The van der Waals surface area contributed by atoms with Gasteiger partial charge in [-0.1, -0.05) is 38.1 Å². The minimum atomic E-state index is -3.87. The maximum atomic E-state index is 14.6. The number of nitrogens with one attached hydrogen (secondary N) is 1. The molecule has 2 unspecified atom stereocenters. The molecule has 1 aromatic heterocycles. The molecule has 1 saturated heterocycles. The summed E-state index contributed by atoms with van der Waals surface area (Å²) in [6, 6.07) is 14.3. The second-order valence-corrected chi connectivity index (χ2v) is 11.3. The number of benzene rings is 2. The van der Waals surface area contributed by atoms with E-state index in [9.17, 15) is 22.4 Å². The van der Waals surface area contributed by atoms with Gasteiger partial charge in [0.2, 0.25) is 21.8 Å². The average molecular weight is 528 g/mol. The van der Waals surface area contributed by atoms with Crippen LogP contribution in [0.2, 0.25) is 0 Å². The standard InChI is InChI=1S/C27H30FN3O5S/c1-18(2)27(33)31-19(3)16-30(37(34,35)21-8-5-4-6-9-21)17-24(31)26(32)29-15-20-11-12-22(23(28)14-20)25-10-7-13-36-25/h4-14,18-19,24H,15-17H2,1-3H3,(H,29,32). The van der Waals surface area contributed by atoms with Gasteiger partial charge in [0.25, 0.3) is 0 Å². The summed E-state index contributed by atoms with van der Waals surface area (Å²) in [5.41, 5.74) is 0.817. The number of furan rings is 1. The maximum Gasteiger partial charge on any atom is 0.244 e. The number of carbonyl (C=O) groups is 2. The summed E-state index contributed by atoms with van der Waals surface area (Å²) >= 11 is 0. The highest BCUT2D eigenvalue weighted by atomic mass is 32.2. The fourth-order valence-electron chi connectivity index (χ4n) is 4.47. The first kappa shape index (κ1) is 26.6. The predicted octanol–water partition coefficient (Wildman–Crippen LogP) is 3.65. The van der Waals surface area contributed by atoms with Gasteiger partial charge in [-0.3, -0.25) is 9.59 Å². The van der Waals surface area contributed by atoms with Crippen LogP contribution in [0.25, 0.3) is 11.3 Å². The monoisotopic (exact) mass is 527 g/mol. The lowest BCUT2D eigenvalue weighted by molar-refractivity contribution is -0.148. The molecule has 10 heteroatoms. The van der Waals surface area contributed by atoms with E-state index in [0.29, 0.717) is 16.9 Å². The van der Waals surface area contributed by atoms with Crippen molar-refractivity contribution in [1.29, 1.82) is 0 Å². The van der Waals surface area contributed by atoms with Crippen LogP contribution in [0.15, 0.2) is 76.2 Å². The summed E-state index contributed by atoms with van der Waals surface area (Å²) in [6.07, 6.45) is 1.46. The summed E-state index contributed by atoms with van der Waals surface area (Å²) in [4.78, 5) is 28.0. The molecule has 0 saturated carbocycles. The molecule has 0 spiro atoms. The van der Waals surface area contributed by atoms with E-state index in [1.807, 2.05) is 0 Å². The summed E-state index contributed by atoms with van der Waals surface area (Å²) in [5, 5.41) is 2.76. The van der Waals surface area contributed by atoms with Crippen molar-refractivity contribution in [3.63, 3.8) is 0 Å². The molecule has 37 heavy (non-hydrogen) atoms. The Hall–Kier alpha value is -3.50. The van der Waals surface area contributed by atoms with E-state index in [2.05, 4.69) is 5.32 Å². The normalized spacial score (nSPS) is 18.7. The van der Waals surface area contributed by atoms with Crippen molar-refractivity contribution in [3.8, 4) is 11.3 Å². The lowest BCUT2D eigenvalue weighted by Gasteiger charge is -2.44. The molecule has 3 aromatic rings. The highest BCUT2D eigenvalue weighted by molar-refractivity contribution is 7.89. The van der Waals surface area contributed by atoms with E-state index >= 15 is 0 Å². The minimum Gasteiger partial charge on any atom is -0.464 e. The number of carbonyl (C=O) groups excluding carboxylic acids is 2.